The summed E-state index contributed by atoms with van der Waals surface area (Å²) < 4.78 is 5.52. The van der Waals surface area contributed by atoms with Crippen molar-refractivity contribution in [1.82, 2.24) is 10.6 Å². The van der Waals surface area contributed by atoms with Crippen LogP contribution in [0.25, 0.3) is 0 Å². The lowest BCUT2D eigenvalue weighted by molar-refractivity contribution is -0.170. The van der Waals surface area contributed by atoms with Crippen LogP contribution in [-0.4, -0.2) is 39.3 Å². The molecule has 5 aliphatic rings. The van der Waals surface area contributed by atoms with Crippen LogP contribution < -0.4 is 10.6 Å². The number of carbonyl (C=O) groups is 1. The fourth-order valence-electron chi connectivity index (χ4n) is 7.79. The number of hydrogen-bond acceptors (Lipinski definition) is 3. The van der Waals surface area contributed by atoms with Crippen molar-refractivity contribution >= 4 is 5.91 Å². The third kappa shape index (κ3) is 3.14. The summed E-state index contributed by atoms with van der Waals surface area (Å²) in [7, 11) is 1.78. The van der Waals surface area contributed by atoms with Gasteiger partial charge in [0.25, 0.3) is 0 Å². The second kappa shape index (κ2) is 5.95. The molecule has 1 aliphatic heterocycles. The Labute approximate surface area is 152 Å². The smallest absolute Gasteiger partial charge is 0.226 e. The zero-order chi connectivity index (χ0) is 17.8. The molecule has 142 valence electrons. The zero-order valence-electron chi connectivity index (χ0n) is 16.4. The molecule has 4 nitrogen and oxygen atoms in total. The Morgan fingerprint density at radius 3 is 2.28 bits per heavy atom. The number of carbonyl (C=O) groups excluding carboxylic acids is 1. The maximum absolute atomic E-state index is 13.4. The van der Waals surface area contributed by atoms with Crippen LogP contribution in [0.4, 0.5) is 0 Å². The first-order chi connectivity index (χ1) is 11.8. The summed E-state index contributed by atoms with van der Waals surface area (Å²) in [5.74, 6) is 1.12. The van der Waals surface area contributed by atoms with E-state index in [-0.39, 0.29) is 10.8 Å². The summed E-state index contributed by atoms with van der Waals surface area (Å²) in [5.41, 5.74) is 0.810. The lowest BCUT2D eigenvalue weighted by atomic mass is 9.40. The molecule has 2 N–H and O–H groups in total. The van der Waals surface area contributed by atoms with Crippen LogP contribution in [0.5, 0.6) is 0 Å². The van der Waals surface area contributed by atoms with Gasteiger partial charge in [-0.25, -0.2) is 0 Å². The van der Waals surface area contributed by atoms with Gasteiger partial charge in [-0.1, -0.05) is 13.8 Å². The van der Waals surface area contributed by atoms with Crippen LogP contribution >= 0.6 is 0 Å². The molecule has 5 rings (SSSR count). The topological polar surface area (TPSA) is 50.4 Å². The van der Waals surface area contributed by atoms with Crippen LogP contribution in [0, 0.1) is 27.6 Å². The molecule has 0 aromatic carbocycles. The molecule has 5 fully saturated rings. The Hall–Kier alpha value is -0.610. The van der Waals surface area contributed by atoms with Gasteiger partial charge in [-0.3, -0.25) is 4.79 Å². The van der Waals surface area contributed by atoms with E-state index in [4.69, 9.17) is 4.74 Å². The van der Waals surface area contributed by atoms with Gasteiger partial charge in [0.15, 0.2) is 0 Å². The molecule has 0 aromatic rings. The van der Waals surface area contributed by atoms with E-state index in [2.05, 4.69) is 24.5 Å². The molecule has 25 heavy (non-hydrogen) atoms. The van der Waals surface area contributed by atoms with Crippen molar-refractivity contribution in [2.75, 3.05) is 33.4 Å². The molecule has 4 saturated carbocycles. The number of piperidine rings is 1. The first-order valence-electron chi connectivity index (χ1n) is 10.3. The van der Waals surface area contributed by atoms with Gasteiger partial charge in [-0.2, -0.15) is 0 Å². The number of hydrogen-bond donors (Lipinski definition) is 2. The van der Waals surface area contributed by atoms with E-state index in [0.29, 0.717) is 16.7 Å². The van der Waals surface area contributed by atoms with E-state index in [1.54, 1.807) is 7.11 Å². The second-order valence-corrected chi connectivity index (χ2v) is 10.8. The Balaban J connectivity index is 1.47. The van der Waals surface area contributed by atoms with E-state index in [0.717, 1.165) is 64.3 Å². The molecule has 0 aromatic heterocycles. The van der Waals surface area contributed by atoms with Crippen LogP contribution in [0.3, 0.4) is 0 Å². The summed E-state index contributed by atoms with van der Waals surface area (Å²) in [6.07, 6.45) is 9.54. The van der Waals surface area contributed by atoms with Crippen molar-refractivity contribution in [1.29, 1.82) is 0 Å². The van der Waals surface area contributed by atoms with Gasteiger partial charge in [-0.05, 0) is 81.2 Å². The Morgan fingerprint density at radius 1 is 1.08 bits per heavy atom. The quantitative estimate of drug-likeness (QED) is 0.803. The average Bonchev–Trinajstić information content (AvgIpc) is 2.50. The minimum Gasteiger partial charge on any atom is -0.384 e. The molecule has 4 aliphatic carbocycles. The Morgan fingerprint density at radius 2 is 1.72 bits per heavy atom. The molecule has 0 spiro atoms. The van der Waals surface area contributed by atoms with Gasteiger partial charge in [0.1, 0.15) is 0 Å². The number of ether oxygens (including phenoxy) is 1. The number of amides is 1. The van der Waals surface area contributed by atoms with E-state index < -0.39 is 0 Å². The summed E-state index contributed by atoms with van der Waals surface area (Å²) in [5, 5.41) is 6.86. The number of nitrogens with one attached hydrogen (secondary N) is 2. The summed E-state index contributed by atoms with van der Waals surface area (Å²) in [6.45, 7) is 8.47. The molecule has 1 heterocycles. The zero-order valence-corrected chi connectivity index (χ0v) is 16.4. The van der Waals surface area contributed by atoms with Crippen molar-refractivity contribution in [3.63, 3.8) is 0 Å². The van der Waals surface area contributed by atoms with Crippen molar-refractivity contribution in [3.8, 4) is 0 Å². The van der Waals surface area contributed by atoms with E-state index in [1.807, 2.05) is 0 Å². The predicted octanol–water partition coefficient (Wildman–Crippen LogP) is 3.12. The van der Waals surface area contributed by atoms with Crippen molar-refractivity contribution < 1.29 is 9.53 Å². The molecular formula is C21H36N2O2. The SMILES string of the molecule is COCC1(CNC(=O)C23CC4CC(C)(CC(C)(C4)C2)C3)CCNCC1. The van der Waals surface area contributed by atoms with Crippen LogP contribution in [0.1, 0.15) is 65.2 Å². The highest BCUT2D eigenvalue weighted by molar-refractivity contribution is 5.83. The predicted molar refractivity (Wildman–Crippen MR) is 99.3 cm³/mol. The molecule has 4 heteroatoms. The lowest BCUT2D eigenvalue weighted by Crippen LogP contribution is -2.60. The fraction of sp³-hybridized carbons (Fsp3) is 0.952. The summed E-state index contributed by atoms with van der Waals surface area (Å²) in [4.78, 5) is 13.4. The van der Waals surface area contributed by atoms with Crippen LogP contribution in [0.2, 0.25) is 0 Å². The Bertz CT molecular complexity index is 517. The molecule has 1 saturated heterocycles. The molecule has 2 atom stereocenters. The molecule has 2 unspecified atom stereocenters. The van der Waals surface area contributed by atoms with Crippen molar-refractivity contribution in [2.24, 2.45) is 27.6 Å². The van der Waals surface area contributed by atoms with Crippen molar-refractivity contribution in [3.05, 3.63) is 0 Å². The van der Waals surface area contributed by atoms with Gasteiger partial charge in [0, 0.05) is 19.1 Å². The van der Waals surface area contributed by atoms with Crippen molar-refractivity contribution in [2.45, 2.75) is 65.2 Å². The van der Waals surface area contributed by atoms with Crippen LogP contribution in [-0.2, 0) is 9.53 Å². The van der Waals surface area contributed by atoms with Gasteiger partial charge < -0.3 is 15.4 Å². The monoisotopic (exact) mass is 348 g/mol. The standard InChI is InChI=1S/C21H36N2O2/c1-18-8-16-9-19(2,11-18)13-21(10-16,12-18)17(24)23-14-20(15-25-3)4-6-22-7-5-20/h16,22H,4-15H2,1-3H3,(H,23,24). The molecule has 1 amide bonds. The third-order valence-electron chi connectivity index (χ3n) is 7.85. The molecular weight excluding hydrogens is 312 g/mol. The van der Waals surface area contributed by atoms with Gasteiger partial charge >= 0.3 is 0 Å². The number of methoxy groups -OCH3 is 1. The molecule has 0 radical (unpaired) electrons. The normalized spacial score (nSPS) is 44.7. The highest BCUT2D eigenvalue weighted by Gasteiger charge is 2.62. The molecule has 4 bridgehead atoms. The average molecular weight is 349 g/mol. The first kappa shape index (κ1) is 17.8. The minimum atomic E-state index is -0.0932. The highest BCUT2D eigenvalue weighted by Crippen LogP contribution is 2.69. The maximum Gasteiger partial charge on any atom is 0.226 e. The summed E-state index contributed by atoms with van der Waals surface area (Å²) >= 11 is 0. The fourth-order valence-corrected chi connectivity index (χ4v) is 7.79. The summed E-state index contributed by atoms with van der Waals surface area (Å²) in [6, 6.07) is 0. The lowest BCUT2D eigenvalue weighted by Gasteiger charge is -2.64. The first-order valence-corrected chi connectivity index (χ1v) is 10.3. The third-order valence-corrected chi connectivity index (χ3v) is 7.85. The maximum atomic E-state index is 13.4. The largest absolute Gasteiger partial charge is 0.384 e. The van der Waals surface area contributed by atoms with Gasteiger partial charge in [-0.15, -0.1) is 0 Å². The van der Waals surface area contributed by atoms with Gasteiger partial charge in [0.05, 0.1) is 12.0 Å². The Kier molecular flexibility index (Phi) is 4.23. The van der Waals surface area contributed by atoms with Gasteiger partial charge in [0.2, 0.25) is 5.91 Å². The van der Waals surface area contributed by atoms with E-state index in [1.165, 1.54) is 19.3 Å². The van der Waals surface area contributed by atoms with E-state index >= 15 is 0 Å². The van der Waals surface area contributed by atoms with E-state index in [9.17, 15) is 4.79 Å². The second-order valence-electron chi connectivity index (χ2n) is 10.8. The number of rotatable bonds is 5. The minimum absolute atomic E-state index is 0.0932. The highest BCUT2D eigenvalue weighted by atomic mass is 16.5. The van der Waals surface area contributed by atoms with Crippen LogP contribution in [0.15, 0.2) is 0 Å².